The Hall–Kier alpha value is -2.24. The van der Waals surface area contributed by atoms with E-state index >= 15 is 0 Å². The summed E-state index contributed by atoms with van der Waals surface area (Å²) in [7, 11) is 1.84. The second-order valence-corrected chi connectivity index (χ2v) is 7.70. The first-order valence-corrected chi connectivity index (χ1v) is 9.49. The second-order valence-electron chi connectivity index (χ2n) is 7.70. The van der Waals surface area contributed by atoms with Gasteiger partial charge in [0.25, 0.3) is 0 Å². The summed E-state index contributed by atoms with van der Waals surface area (Å²) in [6.45, 7) is 11.3. The molecule has 6 heteroatoms. The third-order valence-electron chi connectivity index (χ3n) is 4.46. The number of benzene rings is 1. The smallest absolute Gasteiger partial charge is 0.319 e. The Morgan fingerprint density at radius 2 is 1.81 bits per heavy atom. The molecule has 2 rings (SSSR count). The van der Waals surface area contributed by atoms with Crippen molar-refractivity contribution in [2.75, 3.05) is 25.5 Å². The molecule has 1 aromatic rings. The fourth-order valence-corrected chi connectivity index (χ4v) is 3.48. The normalized spacial score (nSPS) is 20.8. The zero-order valence-corrected chi connectivity index (χ0v) is 16.7. The first kappa shape index (κ1) is 20.1. The lowest BCUT2D eigenvalue weighted by molar-refractivity contribution is 0.208. The molecule has 2 atom stereocenters. The van der Waals surface area contributed by atoms with Gasteiger partial charge in [-0.1, -0.05) is 26.0 Å². The van der Waals surface area contributed by atoms with E-state index in [1.165, 1.54) is 6.42 Å². The van der Waals surface area contributed by atoms with E-state index in [1.807, 2.05) is 45.2 Å². The van der Waals surface area contributed by atoms with Crippen molar-refractivity contribution in [3.05, 3.63) is 29.8 Å². The van der Waals surface area contributed by atoms with Gasteiger partial charge in [-0.05, 0) is 49.8 Å². The summed E-state index contributed by atoms with van der Waals surface area (Å²) in [6.07, 6.45) is 1.28. The van der Waals surface area contributed by atoms with E-state index in [-0.39, 0.29) is 12.1 Å². The van der Waals surface area contributed by atoms with Gasteiger partial charge in [0.1, 0.15) is 0 Å². The number of carbonyl (C=O) groups is 1. The van der Waals surface area contributed by atoms with Crippen LogP contribution >= 0.6 is 0 Å². The number of carbonyl (C=O) groups excluding carboxylic acids is 1. The van der Waals surface area contributed by atoms with Crippen molar-refractivity contribution >= 4 is 17.7 Å². The molecule has 144 valence electrons. The van der Waals surface area contributed by atoms with Gasteiger partial charge in [0.2, 0.25) is 0 Å². The number of amides is 2. The maximum absolute atomic E-state index is 11.7. The second kappa shape index (κ2) is 9.46. The summed E-state index contributed by atoms with van der Waals surface area (Å²) < 4.78 is 0. The third kappa shape index (κ3) is 6.24. The molecule has 0 spiro atoms. The summed E-state index contributed by atoms with van der Waals surface area (Å²) in [5.41, 5.74) is 1.94. The molecular weight excluding hydrogens is 326 g/mol. The summed E-state index contributed by atoms with van der Waals surface area (Å²) >= 11 is 0. The summed E-state index contributed by atoms with van der Waals surface area (Å²) in [5.74, 6) is 2.35. The summed E-state index contributed by atoms with van der Waals surface area (Å²) in [6, 6.07) is 7.82. The molecule has 1 aromatic carbocycles. The average molecular weight is 360 g/mol. The summed E-state index contributed by atoms with van der Waals surface area (Å²) in [4.78, 5) is 18.5. The number of rotatable bonds is 4. The van der Waals surface area contributed by atoms with Crippen LogP contribution in [0.2, 0.25) is 0 Å². The first-order valence-electron chi connectivity index (χ1n) is 9.49. The van der Waals surface area contributed by atoms with Crippen molar-refractivity contribution in [3.63, 3.8) is 0 Å². The van der Waals surface area contributed by atoms with Gasteiger partial charge in [0.15, 0.2) is 5.96 Å². The van der Waals surface area contributed by atoms with E-state index in [0.29, 0.717) is 18.4 Å². The molecule has 1 heterocycles. The fraction of sp³-hybridized carbons (Fsp3) is 0.600. The molecule has 2 amide bonds. The van der Waals surface area contributed by atoms with Gasteiger partial charge >= 0.3 is 6.03 Å². The molecule has 3 N–H and O–H groups in total. The molecule has 0 saturated carbocycles. The van der Waals surface area contributed by atoms with Crippen molar-refractivity contribution in [2.45, 2.75) is 46.7 Å². The van der Waals surface area contributed by atoms with Crippen LogP contribution in [0.3, 0.4) is 0 Å². The fourth-order valence-electron chi connectivity index (χ4n) is 3.48. The SMILES string of the molecule is CN=C(NCc1ccc(NC(=O)NC(C)C)cc1)N1CC(C)CC(C)C1. The number of hydrogen-bond donors (Lipinski definition) is 3. The van der Waals surface area contributed by atoms with Gasteiger partial charge < -0.3 is 20.9 Å². The lowest BCUT2D eigenvalue weighted by atomic mass is 9.92. The van der Waals surface area contributed by atoms with Crippen LogP contribution in [-0.4, -0.2) is 43.1 Å². The van der Waals surface area contributed by atoms with Crippen LogP contribution in [0.5, 0.6) is 0 Å². The molecule has 6 nitrogen and oxygen atoms in total. The minimum absolute atomic E-state index is 0.116. The number of anilines is 1. The molecule has 1 aliphatic heterocycles. The maximum Gasteiger partial charge on any atom is 0.319 e. The largest absolute Gasteiger partial charge is 0.352 e. The van der Waals surface area contributed by atoms with E-state index in [9.17, 15) is 4.79 Å². The standard InChI is InChI=1S/C20H33N5O/c1-14(2)23-20(26)24-18-8-6-17(7-9-18)11-22-19(21-5)25-12-15(3)10-16(4)13-25/h6-9,14-16H,10-13H2,1-5H3,(H,21,22)(H2,23,24,26). The number of guanidine groups is 1. The summed E-state index contributed by atoms with van der Waals surface area (Å²) in [5, 5.41) is 9.11. The van der Waals surface area contributed by atoms with Crippen molar-refractivity contribution in [3.8, 4) is 0 Å². The molecule has 1 saturated heterocycles. The molecule has 0 bridgehead atoms. The Balaban J connectivity index is 1.87. The highest BCUT2D eigenvalue weighted by molar-refractivity contribution is 5.89. The minimum atomic E-state index is -0.181. The molecule has 0 radical (unpaired) electrons. The lowest BCUT2D eigenvalue weighted by Gasteiger charge is -2.37. The van der Waals surface area contributed by atoms with Crippen LogP contribution in [0.4, 0.5) is 10.5 Å². The van der Waals surface area contributed by atoms with E-state index in [1.54, 1.807) is 0 Å². The van der Waals surface area contributed by atoms with Gasteiger partial charge in [-0.25, -0.2) is 4.79 Å². The van der Waals surface area contributed by atoms with Crippen LogP contribution in [-0.2, 0) is 6.54 Å². The number of nitrogens with zero attached hydrogens (tertiary/aromatic N) is 2. The van der Waals surface area contributed by atoms with Gasteiger partial charge in [-0.2, -0.15) is 0 Å². The van der Waals surface area contributed by atoms with E-state index < -0.39 is 0 Å². The first-order chi connectivity index (χ1) is 12.4. The molecule has 1 fully saturated rings. The molecule has 0 aliphatic carbocycles. The van der Waals surface area contributed by atoms with Gasteiger partial charge in [0.05, 0.1) is 0 Å². The Labute approximate surface area is 157 Å². The highest BCUT2D eigenvalue weighted by Crippen LogP contribution is 2.21. The van der Waals surface area contributed by atoms with E-state index in [2.05, 4.69) is 39.7 Å². The van der Waals surface area contributed by atoms with Crippen molar-refractivity contribution in [1.29, 1.82) is 0 Å². The van der Waals surface area contributed by atoms with Crippen LogP contribution in [0.1, 0.15) is 39.7 Å². The predicted octanol–water partition coefficient (Wildman–Crippen LogP) is 3.27. The molecular formula is C20H33N5O. The molecule has 26 heavy (non-hydrogen) atoms. The Bertz CT molecular complexity index is 601. The van der Waals surface area contributed by atoms with Crippen molar-refractivity contribution in [1.82, 2.24) is 15.5 Å². The topological polar surface area (TPSA) is 68.8 Å². The van der Waals surface area contributed by atoms with Gasteiger partial charge in [-0.3, -0.25) is 4.99 Å². The Kier molecular flexibility index (Phi) is 7.30. The Morgan fingerprint density at radius 3 is 2.35 bits per heavy atom. The van der Waals surface area contributed by atoms with Crippen LogP contribution in [0.15, 0.2) is 29.3 Å². The van der Waals surface area contributed by atoms with E-state index in [0.717, 1.165) is 30.3 Å². The zero-order valence-electron chi connectivity index (χ0n) is 16.7. The Morgan fingerprint density at radius 1 is 1.19 bits per heavy atom. The zero-order chi connectivity index (χ0) is 19.1. The molecule has 2 unspecified atom stereocenters. The number of hydrogen-bond acceptors (Lipinski definition) is 2. The predicted molar refractivity (Wildman–Crippen MR) is 108 cm³/mol. The quantitative estimate of drug-likeness (QED) is 0.571. The monoisotopic (exact) mass is 359 g/mol. The van der Waals surface area contributed by atoms with Gasteiger partial charge in [0, 0.05) is 38.4 Å². The highest BCUT2D eigenvalue weighted by Gasteiger charge is 2.23. The number of urea groups is 1. The number of likely N-dealkylation sites (tertiary alicyclic amines) is 1. The molecule has 1 aliphatic rings. The number of aliphatic imine (C=N–C) groups is 1. The highest BCUT2D eigenvalue weighted by atomic mass is 16.2. The van der Waals surface area contributed by atoms with Crippen molar-refractivity contribution in [2.24, 2.45) is 16.8 Å². The average Bonchev–Trinajstić information content (AvgIpc) is 2.55. The lowest BCUT2D eigenvalue weighted by Crippen LogP contribution is -2.48. The minimum Gasteiger partial charge on any atom is -0.352 e. The van der Waals surface area contributed by atoms with Crippen LogP contribution in [0.25, 0.3) is 0 Å². The molecule has 0 aromatic heterocycles. The van der Waals surface area contributed by atoms with Crippen LogP contribution in [0, 0.1) is 11.8 Å². The third-order valence-corrected chi connectivity index (χ3v) is 4.46. The van der Waals surface area contributed by atoms with E-state index in [4.69, 9.17) is 0 Å². The maximum atomic E-state index is 11.7. The number of nitrogens with one attached hydrogen (secondary N) is 3. The van der Waals surface area contributed by atoms with Crippen LogP contribution < -0.4 is 16.0 Å². The van der Waals surface area contributed by atoms with Gasteiger partial charge in [-0.15, -0.1) is 0 Å². The number of piperidine rings is 1. The van der Waals surface area contributed by atoms with Crippen molar-refractivity contribution < 1.29 is 4.79 Å².